The van der Waals surface area contributed by atoms with Crippen LogP contribution in [0.3, 0.4) is 0 Å². The van der Waals surface area contributed by atoms with Gasteiger partial charge in [-0.15, -0.1) is 0 Å². The molecule has 0 amide bonds. The molecule has 1 aliphatic carbocycles. The van der Waals surface area contributed by atoms with Crippen molar-refractivity contribution in [3.05, 3.63) is 59.7 Å². The van der Waals surface area contributed by atoms with Crippen molar-refractivity contribution in [3.63, 3.8) is 0 Å². The van der Waals surface area contributed by atoms with Crippen LogP contribution < -0.4 is 0 Å². The number of hydrogen-bond donors (Lipinski definition) is 0. The minimum absolute atomic E-state index is 0.0349. The van der Waals surface area contributed by atoms with Crippen LogP contribution in [-0.2, 0) is 5.41 Å². The van der Waals surface area contributed by atoms with Gasteiger partial charge < -0.3 is 0 Å². The van der Waals surface area contributed by atoms with Crippen LogP contribution in [0, 0.1) is 10.8 Å². The molecule has 0 atom stereocenters. The lowest BCUT2D eigenvalue weighted by molar-refractivity contribution is 0.0950. The predicted octanol–water partition coefficient (Wildman–Crippen LogP) is 6.05. The molecular formula is C21H26. The van der Waals surface area contributed by atoms with Crippen LogP contribution in [0.2, 0.25) is 0 Å². The molecule has 0 N–H and O–H groups in total. The molecule has 110 valence electrons. The van der Waals surface area contributed by atoms with Crippen LogP contribution >= 0.6 is 0 Å². The van der Waals surface area contributed by atoms with Crippen molar-refractivity contribution in [1.82, 2.24) is 0 Å². The van der Waals surface area contributed by atoms with Crippen molar-refractivity contribution in [2.45, 2.75) is 47.0 Å². The summed E-state index contributed by atoms with van der Waals surface area (Å²) in [4.78, 5) is 0. The molecule has 3 rings (SSSR count). The van der Waals surface area contributed by atoms with Gasteiger partial charge in [-0.25, -0.2) is 0 Å². The molecule has 0 nitrogen and oxygen atoms in total. The fraction of sp³-hybridized carbons (Fsp3) is 0.429. The zero-order valence-electron chi connectivity index (χ0n) is 14.1. The first-order valence-electron chi connectivity index (χ1n) is 7.90. The quantitative estimate of drug-likeness (QED) is 0.550. The van der Waals surface area contributed by atoms with Gasteiger partial charge in [0, 0.05) is 5.41 Å². The van der Waals surface area contributed by atoms with Crippen molar-refractivity contribution in [2.24, 2.45) is 10.8 Å². The highest BCUT2D eigenvalue weighted by atomic mass is 14.6. The Balaban J connectivity index is 2.51. The fourth-order valence-corrected chi connectivity index (χ4v) is 4.98. The minimum Gasteiger partial charge on any atom is -0.0619 e. The average Bonchev–Trinajstić information content (AvgIpc) is 2.69. The molecule has 0 radical (unpaired) electrons. The number of benzene rings is 2. The maximum atomic E-state index is 2.39. The van der Waals surface area contributed by atoms with Crippen molar-refractivity contribution in [3.8, 4) is 11.1 Å². The fourth-order valence-electron chi connectivity index (χ4n) is 4.98. The monoisotopic (exact) mass is 278 g/mol. The van der Waals surface area contributed by atoms with E-state index in [2.05, 4.69) is 90.1 Å². The van der Waals surface area contributed by atoms with E-state index in [9.17, 15) is 0 Å². The smallest absolute Gasteiger partial charge is 0.0311 e. The van der Waals surface area contributed by atoms with Gasteiger partial charge in [-0.05, 0) is 33.1 Å². The van der Waals surface area contributed by atoms with Crippen molar-refractivity contribution in [2.75, 3.05) is 0 Å². The van der Waals surface area contributed by atoms with E-state index in [4.69, 9.17) is 0 Å². The second-order valence-electron chi connectivity index (χ2n) is 8.34. The molecule has 0 fully saturated rings. The molecule has 0 heterocycles. The summed E-state index contributed by atoms with van der Waals surface area (Å²) in [6.45, 7) is 14.3. The second-order valence-corrected chi connectivity index (χ2v) is 8.34. The van der Waals surface area contributed by atoms with E-state index in [1.54, 1.807) is 0 Å². The Kier molecular flexibility index (Phi) is 2.89. The van der Waals surface area contributed by atoms with Gasteiger partial charge in [0.2, 0.25) is 0 Å². The highest BCUT2D eigenvalue weighted by molar-refractivity contribution is 5.82. The maximum Gasteiger partial charge on any atom is 0.0311 e. The molecule has 0 unspecified atom stereocenters. The first-order valence-corrected chi connectivity index (χ1v) is 7.90. The molecule has 0 aliphatic heterocycles. The number of hydrogen-bond acceptors (Lipinski definition) is 0. The topological polar surface area (TPSA) is 0 Å². The summed E-state index contributed by atoms with van der Waals surface area (Å²) < 4.78 is 0. The average molecular weight is 278 g/mol. The molecule has 0 heteroatoms. The first-order chi connectivity index (χ1) is 9.71. The SMILES string of the molecule is CC(C)(C)C1(C(C)(C)C)c2ccccc2-c2ccccc21. The molecule has 0 spiro atoms. The second kappa shape index (κ2) is 4.22. The Morgan fingerprint density at radius 2 is 0.905 bits per heavy atom. The molecule has 21 heavy (non-hydrogen) atoms. The van der Waals surface area contributed by atoms with Crippen molar-refractivity contribution in [1.29, 1.82) is 0 Å². The first kappa shape index (κ1) is 14.4. The van der Waals surface area contributed by atoms with E-state index in [1.165, 1.54) is 22.3 Å². The molecule has 0 saturated heterocycles. The van der Waals surface area contributed by atoms with E-state index >= 15 is 0 Å². The molecule has 0 bridgehead atoms. The Morgan fingerprint density at radius 1 is 0.571 bits per heavy atom. The van der Waals surface area contributed by atoms with E-state index < -0.39 is 0 Å². The van der Waals surface area contributed by atoms with Crippen LogP contribution in [0.25, 0.3) is 11.1 Å². The Labute approximate surface area is 129 Å². The van der Waals surface area contributed by atoms with Crippen molar-refractivity contribution < 1.29 is 0 Å². The summed E-state index contributed by atoms with van der Waals surface area (Å²) in [5, 5.41) is 0. The molecule has 0 saturated carbocycles. The lowest BCUT2D eigenvalue weighted by atomic mass is 9.50. The van der Waals surface area contributed by atoms with Crippen LogP contribution in [0.1, 0.15) is 52.7 Å². The zero-order valence-corrected chi connectivity index (χ0v) is 14.1. The number of fused-ring (bicyclic) bond motifs is 3. The van der Waals surface area contributed by atoms with Gasteiger partial charge in [-0.3, -0.25) is 0 Å². The lowest BCUT2D eigenvalue weighted by Gasteiger charge is -2.53. The Morgan fingerprint density at radius 3 is 1.24 bits per heavy atom. The van der Waals surface area contributed by atoms with Crippen LogP contribution in [0.15, 0.2) is 48.5 Å². The summed E-state index contributed by atoms with van der Waals surface area (Å²) in [5.41, 5.74) is 6.14. The Bertz CT molecular complexity index is 616. The normalized spacial score (nSPS) is 16.5. The minimum atomic E-state index is 0.0349. The van der Waals surface area contributed by atoms with Gasteiger partial charge in [0.1, 0.15) is 0 Å². The van der Waals surface area contributed by atoms with Crippen LogP contribution in [-0.4, -0.2) is 0 Å². The summed E-state index contributed by atoms with van der Waals surface area (Å²) >= 11 is 0. The summed E-state index contributed by atoms with van der Waals surface area (Å²) in [7, 11) is 0. The van der Waals surface area contributed by atoms with E-state index in [-0.39, 0.29) is 16.2 Å². The van der Waals surface area contributed by atoms with Gasteiger partial charge in [0.25, 0.3) is 0 Å². The van der Waals surface area contributed by atoms with E-state index in [1.807, 2.05) is 0 Å². The highest BCUT2D eigenvalue weighted by Crippen LogP contribution is 2.64. The van der Waals surface area contributed by atoms with Crippen LogP contribution in [0.4, 0.5) is 0 Å². The third-order valence-corrected chi connectivity index (χ3v) is 5.20. The number of rotatable bonds is 0. The van der Waals surface area contributed by atoms with Gasteiger partial charge >= 0.3 is 0 Å². The maximum absolute atomic E-state index is 2.39. The lowest BCUT2D eigenvalue weighted by Crippen LogP contribution is -2.49. The third-order valence-electron chi connectivity index (χ3n) is 5.20. The molecule has 1 aliphatic rings. The zero-order chi connectivity index (χ0) is 15.5. The molecular weight excluding hydrogens is 252 g/mol. The summed E-state index contributed by atoms with van der Waals surface area (Å²) in [6, 6.07) is 18.0. The standard InChI is InChI=1S/C21H26/c1-19(2,3)21(20(4,5)6)17-13-9-7-11-15(17)16-12-8-10-14-18(16)21/h7-14H,1-6H3. The van der Waals surface area contributed by atoms with Crippen LogP contribution in [0.5, 0.6) is 0 Å². The van der Waals surface area contributed by atoms with E-state index in [0.717, 1.165) is 0 Å². The third kappa shape index (κ3) is 1.68. The molecule has 2 aromatic rings. The van der Waals surface area contributed by atoms with E-state index in [0.29, 0.717) is 0 Å². The van der Waals surface area contributed by atoms with Gasteiger partial charge in [0.05, 0.1) is 0 Å². The predicted molar refractivity (Wildman–Crippen MR) is 91.6 cm³/mol. The summed E-state index contributed by atoms with van der Waals surface area (Å²) in [5.74, 6) is 0. The largest absolute Gasteiger partial charge is 0.0619 e. The van der Waals surface area contributed by atoms with Gasteiger partial charge in [-0.1, -0.05) is 90.1 Å². The summed E-state index contributed by atoms with van der Waals surface area (Å²) in [6.07, 6.45) is 0. The van der Waals surface area contributed by atoms with Gasteiger partial charge in [-0.2, -0.15) is 0 Å². The van der Waals surface area contributed by atoms with Gasteiger partial charge in [0.15, 0.2) is 0 Å². The Hall–Kier alpha value is -1.56. The van der Waals surface area contributed by atoms with Crippen molar-refractivity contribution >= 4 is 0 Å². The highest BCUT2D eigenvalue weighted by Gasteiger charge is 2.57. The molecule has 2 aromatic carbocycles. The molecule has 0 aromatic heterocycles.